The summed E-state index contributed by atoms with van der Waals surface area (Å²) < 4.78 is 0.975. The van der Waals surface area contributed by atoms with E-state index in [0.717, 1.165) is 9.13 Å². The highest BCUT2D eigenvalue weighted by Crippen LogP contribution is 2.21. The van der Waals surface area contributed by atoms with Crippen LogP contribution in [-0.4, -0.2) is 16.3 Å². The van der Waals surface area contributed by atoms with Gasteiger partial charge in [0.25, 0.3) is 0 Å². The third-order valence-corrected chi connectivity index (χ3v) is 2.66. The zero-order valence-electron chi connectivity index (χ0n) is 6.74. The summed E-state index contributed by atoms with van der Waals surface area (Å²) in [7, 11) is 0. The lowest BCUT2D eigenvalue weighted by Crippen LogP contribution is -2.14. The number of aliphatic hydroxyl groups is 2. The van der Waals surface area contributed by atoms with Gasteiger partial charge in [0, 0.05) is 3.57 Å². The molecule has 1 rings (SSSR count). The Kier molecular flexibility index (Phi) is 3.49. The van der Waals surface area contributed by atoms with Crippen molar-refractivity contribution in [1.82, 2.24) is 0 Å². The molecule has 1 aromatic rings. The van der Waals surface area contributed by atoms with Crippen molar-refractivity contribution in [2.45, 2.75) is 19.1 Å². The lowest BCUT2D eigenvalue weighted by molar-refractivity contribution is 0.0300. The Morgan fingerprint density at radius 3 is 2.33 bits per heavy atom. The summed E-state index contributed by atoms with van der Waals surface area (Å²) in [5.41, 5.74) is 0.785. The molecule has 1 unspecified atom stereocenters. The molecule has 0 aliphatic carbocycles. The summed E-state index contributed by atoms with van der Waals surface area (Å²) in [5.74, 6) is 0. The van der Waals surface area contributed by atoms with Crippen LogP contribution in [0, 0.1) is 3.57 Å². The summed E-state index contributed by atoms with van der Waals surface area (Å²) >= 11 is 2.14. The quantitative estimate of drug-likeness (QED) is 0.808. The molecule has 1 aromatic carbocycles. The van der Waals surface area contributed by atoms with E-state index in [1.165, 1.54) is 0 Å². The number of rotatable bonds is 2. The van der Waals surface area contributed by atoms with Crippen molar-refractivity contribution in [2.24, 2.45) is 0 Å². The molecule has 0 aromatic heterocycles. The molecule has 0 aliphatic heterocycles. The van der Waals surface area contributed by atoms with Crippen LogP contribution in [0.5, 0.6) is 0 Å². The summed E-state index contributed by atoms with van der Waals surface area (Å²) in [4.78, 5) is 0. The van der Waals surface area contributed by atoms with Crippen molar-refractivity contribution in [3.05, 3.63) is 33.4 Å². The topological polar surface area (TPSA) is 40.5 Å². The van der Waals surface area contributed by atoms with Crippen molar-refractivity contribution < 1.29 is 10.2 Å². The second-order valence-electron chi connectivity index (χ2n) is 2.71. The van der Waals surface area contributed by atoms with Gasteiger partial charge in [-0.1, -0.05) is 18.2 Å². The first-order valence-electron chi connectivity index (χ1n) is 3.73. The van der Waals surface area contributed by atoms with Gasteiger partial charge in [-0.15, -0.1) is 0 Å². The minimum absolute atomic E-state index is 0.721. The van der Waals surface area contributed by atoms with E-state index in [1.807, 2.05) is 24.3 Å². The van der Waals surface area contributed by atoms with Crippen LogP contribution in [-0.2, 0) is 0 Å². The van der Waals surface area contributed by atoms with Gasteiger partial charge in [-0.3, -0.25) is 0 Å². The summed E-state index contributed by atoms with van der Waals surface area (Å²) in [6.07, 6.45) is -1.50. The molecule has 0 saturated heterocycles. The molecule has 12 heavy (non-hydrogen) atoms. The van der Waals surface area contributed by atoms with Crippen LogP contribution in [0.25, 0.3) is 0 Å². The van der Waals surface area contributed by atoms with Gasteiger partial charge >= 0.3 is 0 Å². The average molecular weight is 278 g/mol. The molecule has 0 amide bonds. The lowest BCUT2D eigenvalue weighted by atomic mass is 10.1. The van der Waals surface area contributed by atoms with E-state index in [-0.39, 0.29) is 0 Å². The molecule has 2 N–H and O–H groups in total. The van der Waals surface area contributed by atoms with Gasteiger partial charge in [0.1, 0.15) is 6.10 Å². The van der Waals surface area contributed by atoms with E-state index in [1.54, 1.807) is 6.92 Å². The predicted molar refractivity (Wildman–Crippen MR) is 55.8 cm³/mol. The Bertz CT molecular complexity index is 260. The van der Waals surface area contributed by atoms with Gasteiger partial charge in [0.15, 0.2) is 0 Å². The molecular formula is C9H11IO2. The van der Waals surface area contributed by atoms with E-state index >= 15 is 0 Å². The molecule has 0 radical (unpaired) electrons. The van der Waals surface area contributed by atoms with Crippen LogP contribution in [0.3, 0.4) is 0 Å². The summed E-state index contributed by atoms with van der Waals surface area (Å²) in [6.45, 7) is 1.58. The molecule has 3 heteroatoms. The van der Waals surface area contributed by atoms with E-state index in [2.05, 4.69) is 22.6 Å². The van der Waals surface area contributed by atoms with E-state index < -0.39 is 12.2 Å². The monoisotopic (exact) mass is 278 g/mol. The van der Waals surface area contributed by atoms with Crippen molar-refractivity contribution in [3.8, 4) is 0 Å². The molecule has 0 fully saturated rings. The van der Waals surface area contributed by atoms with Crippen LogP contribution in [0.4, 0.5) is 0 Å². The molecule has 66 valence electrons. The highest BCUT2D eigenvalue weighted by atomic mass is 127. The van der Waals surface area contributed by atoms with Crippen LogP contribution in [0.2, 0.25) is 0 Å². The maximum atomic E-state index is 9.52. The van der Waals surface area contributed by atoms with Gasteiger partial charge < -0.3 is 10.2 Å². The SMILES string of the molecule is CC(O)[C@H](O)c1ccccc1I. The number of benzene rings is 1. The first-order valence-corrected chi connectivity index (χ1v) is 4.81. The molecule has 2 nitrogen and oxygen atoms in total. The molecule has 0 saturated carbocycles. The normalized spacial score (nSPS) is 15.7. The second-order valence-corrected chi connectivity index (χ2v) is 3.87. The van der Waals surface area contributed by atoms with E-state index in [0.29, 0.717) is 0 Å². The zero-order valence-corrected chi connectivity index (χ0v) is 8.89. The maximum absolute atomic E-state index is 9.52. The smallest absolute Gasteiger partial charge is 0.106 e. The predicted octanol–water partition coefficient (Wildman–Crippen LogP) is 1.71. The standard InChI is InChI=1S/C9H11IO2/c1-6(11)9(12)7-4-2-3-5-8(7)10/h2-6,9,11-12H,1H3/t6?,9-/m0/s1. The first kappa shape index (κ1) is 9.95. The minimum atomic E-state index is -0.780. The lowest BCUT2D eigenvalue weighted by Gasteiger charge is -2.14. The zero-order chi connectivity index (χ0) is 9.14. The number of hydrogen-bond acceptors (Lipinski definition) is 2. The van der Waals surface area contributed by atoms with Gasteiger partial charge in [-0.25, -0.2) is 0 Å². The fourth-order valence-electron chi connectivity index (χ4n) is 0.975. The number of hydrogen-bond donors (Lipinski definition) is 2. The Hall–Kier alpha value is -0.130. The number of halogens is 1. The van der Waals surface area contributed by atoms with Crippen LogP contribution in [0.1, 0.15) is 18.6 Å². The van der Waals surface area contributed by atoms with Gasteiger partial charge in [-0.05, 0) is 41.1 Å². The van der Waals surface area contributed by atoms with Gasteiger partial charge in [0.05, 0.1) is 6.10 Å². The van der Waals surface area contributed by atoms with Crippen LogP contribution >= 0.6 is 22.6 Å². The second kappa shape index (κ2) is 4.20. The summed E-state index contributed by atoms with van der Waals surface area (Å²) in [5, 5.41) is 18.7. The van der Waals surface area contributed by atoms with E-state index in [4.69, 9.17) is 5.11 Å². The minimum Gasteiger partial charge on any atom is -0.390 e. The van der Waals surface area contributed by atoms with Gasteiger partial charge in [-0.2, -0.15) is 0 Å². The highest BCUT2D eigenvalue weighted by molar-refractivity contribution is 14.1. The largest absolute Gasteiger partial charge is 0.390 e. The molecule has 0 bridgehead atoms. The third kappa shape index (κ3) is 2.18. The first-order chi connectivity index (χ1) is 5.63. The molecular weight excluding hydrogens is 267 g/mol. The highest BCUT2D eigenvalue weighted by Gasteiger charge is 2.15. The fourth-order valence-corrected chi connectivity index (χ4v) is 1.68. The third-order valence-electron chi connectivity index (χ3n) is 1.68. The van der Waals surface area contributed by atoms with Crippen molar-refractivity contribution >= 4 is 22.6 Å². The van der Waals surface area contributed by atoms with Crippen molar-refractivity contribution in [1.29, 1.82) is 0 Å². The Labute approximate surface area is 85.4 Å². The number of aliphatic hydroxyl groups excluding tert-OH is 2. The Balaban J connectivity index is 2.94. The van der Waals surface area contributed by atoms with E-state index in [9.17, 15) is 5.11 Å². The summed E-state index contributed by atoms with van der Waals surface area (Å²) in [6, 6.07) is 7.48. The molecule has 0 heterocycles. The van der Waals surface area contributed by atoms with Crippen molar-refractivity contribution in [2.75, 3.05) is 0 Å². The molecule has 0 spiro atoms. The maximum Gasteiger partial charge on any atom is 0.106 e. The van der Waals surface area contributed by atoms with Crippen LogP contribution < -0.4 is 0 Å². The van der Waals surface area contributed by atoms with Gasteiger partial charge in [0.2, 0.25) is 0 Å². The fraction of sp³-hybridized carbons (Fsp3) is 0.333. The molecule has 2 atom stereocenters. The van der Waals surface area contributed by atoms with Crippen LogP contribution in [0.15, 0.2) is 24.3 Å². The average Bonchev–Trinajstić information content (AvgIpc) is 2.04. The molecule has 0 aliphatic rings. The Morgan fingerprint density at radius 2 is 1.83 bits per heavy atom. The Morgan fingerprint density at radius 1 is 1.25 bits per heavy atom. The van der Waals surface area contributed by atoms with Crippen molar-refractivity contribution in [3.63, 3.8) is 0 Å².